The van der Waals surface area contributed by atoms with Gasteiger partial charge in [0, 0.05) is 63.3 Å². The summed E-state index contributed by atoms with van der Waals surface area (Å²) in [6.45, 7) is 9.27. The molecule has 2 aliphatic rings. The van der Waals surface area contributed by atoms with Gasteiger partial charge in [0.25, 0.3) is 5.56 Å². The van der Waals surface area contributed by atoms with Crippen LogP contribution in [-0.2, 0) is 11.8 Å². The summed E-state index contributed by atoms with van der Waals surface area (Å²) >= 11 is 0. The van der Waals surface area contributed by atoms with Crippen LogP contribution in [0.5, 0.6) is 0 Å². The van der Waals surface area contributed by atoms with Gasteiger partial charge < -0.3 is 14.2 Å². The van der Waals surface area contributed by atoms with Crippen LogP contribution >= 0.6 is 0 Å². The smallest absolute Gasteiger partial charge is 0.252 e. The van der Waals surface area contributed by atoms with Gasteiger partial charge in [-0.05, 0) is 57.2 Å². The molecule has 0 radical (unpaired) electrons. The van der Waals surface area contributed by atoms with Gasteiger partial charge in [-0.1, -0.05) is 13.0 Å². The molecule has 0 N–H and O–H groups in total. The zero-order valence-corrected chi connectivity index (χ0v) is 22.7. The Balaban J connectivity index is 1.32. The Labute approximate surface area is 223 Å². The summed E-state index contributed by atoms with van der Waals surface area (Å²) in [6.07, 6.45) is 9.55. The van der Waals surface area contributed by atoms with E-state index >= 15 is 0 Å². The van der Waals surface area contributed by atoms with Gasteiger partial charge in [-0.3, -0.25) is 19.7 Å². The van der Waals surface area contributed by atoms with Crippen molar-refractivity contribution in [3.05, 3.63) is 58.8 Å². The third-order valence-electron chi connectivity index (χ3n) is 8.50. The van der Waals surface area contributed by atoms with E-state index in [9.17, 15) is 4.79 Å². The second-order valence-electron chi connectivity index (χ2n) is 10.8. The molecule has 2 unspecified atom stereocenters. The number of aryl methyl sites for hydroxylation is 1. The second kappa shape index (κ2) is 10.1. The van der Waals surface area contributed by atoms with Crippen molar-refractivity contribution in [3.8, 4) is 0 Å². The lowest BCUT2D eigenvalue weighted by molar-refractivity contribution is -0.0390. The first kappa shape index (κ1) is 25.0. The lowest BCUT2D eigenvalue weighted by Crippen LogP contribution is -2.58. The molecule has 5 heterocycles. The summed E-state index contributed by atoms with van der Waals surface area (Å²) in [4.78, 5) is 27.0. The fourth-order valence-corrected chi connectivity index (χ4v) is 6.19. The summed E-state index contributed by atoms with van der Waals surface area (Å²) in [5, 5.41) is 5.00. The van der Waals surface area contributed by atoms with Gasteiger partial charge in [0.2, 0.25) is 0 Å². The van der Waals surface area contributed by atoms with Crippen LogP contribution in [0.25, 0.3) is 22.1 Å². The van der Waals surface area contributed by atoms with E-state index in [4.69, 9.17) is 9.84 Å². The number of benzene rings is 1. The number of pyridine rings is 1. The van der Waals surface area contributed by atoms with E-state index < -0.39 is 0 Å². The maximum Gasteiger partial charge on any atom is 0.252 e. The topological polar surface area (TPSA) is 81.3 Å². The molecule has 2 aliphatic heterocycles. The Bertz CT molecular complexity index is 1510. The maximum atomic E-state index is 13.1. The molecule has 0 amide bonds. The summed E-state index contributed by atoms with van der Waals surface area (Å²) in [7, 11) is 1.83. The lowest BCUT2D eigenvalue weighted by Gasteiger charge is -2.48. The molecular weight excluding hydrogens is 478 g/mol. The molecule has 0 aliphatic carbocycles. The molecule has 3 aromatic heterocycles. The van der Waals surface area contributed by atoms with Gasteiger partial charge in [0.1, 0.15) is 11.7 Å². The fourth-order valence-electron chi connectivity index (χ4n) is 6.19. The fraction of sp³-hybridized carbons (Fsp3) is 0.517. The van der Waals surface area contributed by atoms with Gasteiger partial charge in [-0.25, -0.2) is 4.68 Å². The number of hydrogen-bond donors (Lipinski definition) is 0. The largest absolute Gasteiger partial charge is 0.364 e. The molecule has 2 saturated heterocycles. The predicted octanol–water partition coefficient (Wildman–Crippen LogP) is 4.43. The van der Waals surface area contributed by atoms with E-state index in [1.54, 1.807) is 23.0 Å². The first-order valence-electron chi connectivity index (χ1n) is 13.9. The van der Waals surface area contributed by atoms with Crippen molar-refractivity contribution in [1.82, 2.24) is 29.2 Å². The zero-order valence-electron chi connectivity index (χ0n) is 22.7. The molecule has 38 heavy (non-hydrogen) atoms. The number of nitrogens with zero attached hydrogens (tertiary/aromatic N) is 7. The molecule has 2 fully saturated rings. The van der Waals surface area contributed by atoms with Crippen LogP contribution in [0.4, 0.5) is 5.69 Å². The molecular formula is C29H37N7O2. The van der Waals surface area contributed by atoms with Crippen molar-refractivity contribution in [3.63, 3.8) is 0 Å². The van der Waals surface area contributed by atoms with Crippen LogP contribution in [0, 0.1) is 0 Å². The van der Waals surface area contributed by atoms with Crippen LogP contribution in [0.3, 0.4) is 0 Å². The number of hydrogen-bond acceptors (Lipinski definition) is 7. The minimum absolute atomic E-state index is 0.00723. The first-order chi connectivity index (χ1) is 18.4. The highest BCUT2D eigenvalue weighted by molar-refractivity contribution is 5.88. The SMILES string of the molecule is CC[C@H]1CN(C(C)c2ccc3nccnc3c2)[C@H](C)CN1c1cc(=O)n(C)c2cn(C3CCCCO3)nc12. The Kier molecular flexibility index (Phi) is 6.65. The van der Waals surface area contributed by atoms with Crippen molar-refractivity contribution in [2.24, 2.45) is 7.05 Å². The Hall–Kier alpha value is -3.30. The van der Waals surface area contributed by atoms with Crippen molar-refractivity contribution in [2.75, 3.05) is 24.6 Å². The zero-order chi connectivity index (χ0) is 26.4. The van der Waals surface area contributed by atoms with Crippen molar-refractivity contribution >= 4 is 27.8 Å². The summed E-state index contributed by atoms with van der Waals surface area (Å²) in [6, 6.07) is 8.96. The van der Waals surface area contributed by atoms with E-state index in [-0.39, 0.29) is 29.9 Å². The van der Waals surface area contributed by atoms with Gasteiger partial charge >= 0.3 is 0 Å². The molecule has 0 saturated carbocycles. The molecule has 4 aromatic rings. The average molecular weight is 516 g/mol. The van der Waals surface area contributed by atoms with Crippen molar-refractivity contribution in [1.29, 1.82) is 0 Å². The minimum atomic E-state index is -0.0654. The predicted molar refractivity (Wildman–Crippen MR) is 149 cm³/mol. The minimum Gasteiger partial charge on any atom is -0.364 e. The highest BCUT2D eigenvalue weighted by Gasteiger charge is 2.35. The number of anilines is 1. The standard InChI is InChI=1S/C29H37N7O2/c1-5-22-17-34(20(3)21-9-10-23-24(14-21)31-12-11-30-23)19(2)16-35(22)25-15-27(37)33(4)26-18-36(32-29(25)26)28-8-6-7-13-38-28/h9-12,14-15,18-20,22,28H,5-8,13,16-17H2,1-4H3/t19-,20?,22+,28?/m1/s1. The van der Waals surface area contributed by atoms with E-state index in [0.29, 0.717) is 0 Å². The molecule has 0 bridgehead atoms. The van der Waals surface area contributed by atoms with Crippen LogP contribution < -0.4 is 10.5 Å². The normalized spacial score (nSPS) is 23.8. The van der Waals surface area contributed by atoms with E-state index in [1.165, 1.54) is 5.56 Å². The molecule has 6 rings (SSSR count). The highest BCUT2D eigenvalue weighted by Crippen LogP contribution is 2.34. The van der Waals surface area contributed by atoms with Crippen molar-refractivity contribution in [2.45, 2.75) is 70.8 Å². The van der Waals surface area contributed by atoms with E-state index in [1.807, 2.05) is 17.9 Å². The lowest BCUT2D eigenvalue weighted by atomic mass is 9.98. The number of fused-ring (bicyclic) bond motifs is 2. The van der Waals surface area contributed by atoms with Gasteiger partial charge in [-0.2, -0.15) is 5.10 Å². The highest BCUT2D eigenvalue weighted by atomic mass is 16.5. The Morgan fingerprint density at radius 3 is 2.68 bits per heavy atom. The third-order valence-corrected chi connectivity index (χ3v) is 8.50. The van der Waals surface area contributed by atoms with Gasteiger partial charge in [0.15, 0.2) is 0 Å². The number of aromatic nitrogens is 5. The number of rotatable bonds is 5. The average Bonchev–Trinajstić information content (AvgIpc) is 3.41. The summed E-state index contributed by atoms with van der Waals surface area (Å²) in [5.74, 6) is 0. The van der Waals surface area contributed by atoms with E-state index in [2.05, 4.69) is 58.7 Å². The third kappa shape index (κ3) is 4.37. The summed E-state index contributed by atoms with van der Waals surface area (Å²) in [5.41, 5.74) is 5.75. The Morgan fingerprint density at radius 2 is 1.92 bits per heavy atom. The van der Waals surface area contributed by atoms with E-state index in [0.717, 1.165) is 73.1 Å². The molecule has 9 heteroatoms. The van der Waals surface area contributed by atoms with Crippen LogP contribution in [-0.4, -0.2) is 61.0 Å². The molecule has 200 valence electrons. The van der Waals surface area contributed by atoms with Crippen molar-refractivity contribution < 1.29 is 4.74 Å². The second-order valence-corrected chi connectivity index (χ2v) is 10.8. The van der Waals surface area contributed by atoms with Crippen LogP contribution in [0.15, 0.2) is 47.7 Å². The molecule has 9 nitrogen and oxygen atoms in total. The number of ether oxygens (including phenoxy) is 1. The summed E-state index contributed by atoms with van der Waals surface area (Å²) < 4.78 is 9.64. The van der Waals surface area contributed by atoms with Crippen LogP contribution in [0.2, 0.25) is 0 Å². The van der Waals surface area contributed by atoms with Gasteiger partial charge in [-0.15, -0.1) is 0 Å². The van der Waals surface area contributed by atoms with Crippen LogP contribution in [0.1, 0.15) is 64.3 Å². The number of piperazine rings is 1. The Morgan fingerprint density at radius 1 is 1.11 bits per heavy atom. The molecule has 1 aromatic carbocycles. The molecule has 0 spiro atoms. The maximum absolute atomic E-state index is 13.1. The van der Waals surface area contributed by atoms with Gasteiger partial charge in [0.05, 0.1) is 28.4 Å². The quantitative estimate of drug-likeness (QED) is 0.389. The first-order valence-corrected chi connectivity index (χ1v) is 13.9. The molecule has 4 atom stereocenters. The monoisotopic (exact) mass is 515 g/mol.